The summed E-state index contributed by atoms with van der Waals surface area (Å²) >= 11 is 3.51. The molecule has 0 bridgehead atoms. The number of fused-ring (bicyclic) bond motifs is 3. The standard InChI is InChI=1S/C22H22BrN3O2/c1-21(2,3)26(20(27)28)14-22(15-8-10-16(23)11-9-15)18-7-5-4-6-17(18)19-24-12-13-25(19)22/h4-13H,14H2,1-3H3,(H,27,28). The highest BCUT2D eigenvalue weighted by atomic mass is 79.9. The van der Waals surface area contributed by atoms with Gasteiger partial charge in [0, 0.05) is 28.0 Å². The van der Waals surface area contributed by atoms with Gasteiger partial charge in [0.2, 0.25) is 0 Å². The zero-order chi connectivity index (χ0) is 20.1. The minimum Gasteiger partial charge on any atom is -0.465 e. The molecule has 1 aliphatic rings. The third-order valence-corrected chi connectivity index (χ3v) is 5.94. The first kappa shape index (κ1) is 18.7. The highest BCUT2D eigenvalue weighted by Gasteiger charge is 2.48. The largest absolute Gasteiger partial charge is 0.465 e. The lowest BCUT2D eigenvalue weighted by Crippen LogP contribution is -2.53. The first-order valence-corrected chi connectivity index (χ1v) is 9.95. The van der Waals surface area contributed by atoms with E-state index in [9.17, 15) is 9.90 Å². The van der Waals surface area contributed by atoms with Crippen molar-refractivity contribution in [1.29, 1.82) is 0 Å². The van der Waals surface area contributed by atoms with Crippen LogP contribution in [0.5, 0.6) is 0 Å². The zero-order valence-electron chi connectivity index (χ0n) is 16.1. The summed E-state index contributed by atoms with van der Waals surface area (Å²) in [6.07, 6.45) is 2.79. The molecule has 28 heavy (non-hydrogen) atoms. The number of amides is 1. The van der Waals surface area contributed by atoms with E-state index >= 15 is 0 Å². The number of halogens is 1. The van der Waals surface area contributed by atoms with Gasteiger partial charge in [-0.3, -0.25) is 0 Å². The molecule has 3 aromatic rings. The van der Waals surface area contributed by atoms with Crippen LogP contribution in [0, 0.1) is 0 Å². The maximum absolute atomic E-state index is 12.2. The summed E-state index contributed by atoms with van der Waals surface area (Å²) in [7, 11) is 0. The number of rotatable bonds is 3. The van der Waals surface area contributed by atoms with Crippen LogP contribution in [0.4, 0.5) is 4.79 Å². The van der Waals surface area contributed by atoms with Crippen LogP contribution < -0.4 is 0 Å². The predicted molar refractivity (Wildman–Crippen MR) is 112 cm³/mol. The molecule has 1 aliphatic heterocycles. The number of nitrogens with zero attached hydrogens (tertiary/aromatic N) is 3. The number of hydrogen-bond acceptors (Lipinski definition) is 2. The molecule has 1 amide bonds. The van der Waals surface area contributed by atoms with Gasteiger partial charge in [0.15, 0.2) is 0 Å². The van der Waals surface area contributed by atoms with Crippen molar-refractivity contribution in [3.8, 4) is 11.4 Å². The topological polar surface area (TPSA) is 58.4 Å². The van der Waals surface area contributed by atoms with Crippen LogP contribution in [0.3, 0.4) is 0 Å². The van der Waals surface area contributed by atoms with Gasteiger partial charge >= 0.3 is 6.09 Å². The van der Waals surface area contributed by atoms with E-state index in [1.54, 1.807) is 6.20 Å². The fourth-order valence-electron chi connectivity index (χ4n) is 4.07. The van der Waals surface area contributed by atoms with Crippen molar-refractivity contribution in [3.05, 3.63) is 76.5 Å². The van der Waals surface area contributed by atoms with Gasteiger partial charge in [-0.1, -0.05) is 52.3 Å². The molecule has 1 unspecified atom stereocenters. The molecule has 5 nitrogen and oxygen atoms in total. The molecule has 1 atom stereocenters. The van der Waals surface area contributed by atoms with Crippen LogP contribution in [0.25, 0.3) is 11.4 Å². The fraction of sp³-hybridized carbons (Fsp3) is 0.273. The maximum Gasteiger partial charge on any atom is 0.407 e. The van der Waals surface area contributed by atoms with Crippen molar-refractivity contribution in [2.75, 3.05) is 6.54 Å². The molecule has 0 radical (unpaired) electrons. The first-order valence-electron chi connectivity index (χ1n) is 9.15. The lowest BCUT2D eigenvalue weighted by atomic mass is 9.81. The number of carbonyl (C=O) groups is 1. The van der Waals surface area contributed by atoms with Crippen LogP contribution in [0.2, 0.25) is 0 Å². The van der Waals surface area contributed by atoms with Gasteiger partial charge in [0.1, 0.15) is 11.4 Å². The average Bonchev–Trinajstić information content (AvgIpc) is 3.21. The average molecular weight is 440 g/mol. The summed E-state index contributed by atoms with van der Waals surface area (Å²) < 4.78 is 3.09. The number of aromatic nitrogens is 2. The molecule has 0 spiro atoms. The van der Waals surface area contributed by atoms with Crippen LogP contribution in [-0.2, 0) is 5.54 Å². The van der Waals surface area contributed by atoms with E-state index in [-0.39, 0.29) is 6.54 Å². The Morgan fingerprint density at radius 3 is 2.50 bits per heavy atom. The van der Waals surface area contributed by atoms with Crippen molar-refractivity contribution in [2.24, 2.45) is 0 Å². The molecule has 0 saturated heterocycles. The lowest BCUT2D eigenvalue weighted by Gasteiger charge is -2.42. The minimum atomic E-state index is -0.935. The fourth-order valence-corrected chi connectivity index (χ4v) is 4.34. The summed E-state index contributed by atoms with van der Waals surface area (Å²) in [5.74, 6) is 0.859. The Morgan fingerprint density at radius 1 is 1.18 bits per heavy atom. The van der Waals surface area contributed by atoms with Crippen molar-refractivity contribution >= 4 is 22.0 Å². The maximum atomic E-state index is 12.2. The van der Waals surface area contributed by atoms with Crippen LogP contribution >= 0.6 is 15.9 Å². The van der Waals surface area contributed by atoms with Gasteiger partial charge in [-0.25, -0.2) is 9.78 Å². The first-order chi connectivity index (χ1) is 13.2. The molecule has 6 heteroatoms. The van der Waals surface area contributed by atoms with Crippen molar-refractivity contribution in [3.63, 3.8) is 0 Å². The summed E-state index contributed by atoms with van der Waals surface area (Å²) in [4.78, 5) is 18.3. The summed E-state index contributed by atoms with van der Waals surface area (Å²) in [5.41, 5.74) is 1.89. The van der Waals surface area contributed by atoms with E-state index in [0.717, 1.165) is 27.0 Å². The molecule has 1 aromatic heterocycles. The Balaban J connectivity index is 2.02. The molecule has 4 rings (SSSR count). The van der Waals surface area contributed by atoms with E-state index in [0.29, 0.717) is 0 Å². The lowest BCUT2D eigenvalue weighted by molar-refractivity contribution is 0.0841. The smallest absolute Gasteiger partial charge is 0.407 e. The predicted octanol–water partition coefficient (Wildman–Crippen LogP) is 5.20. The molecule has 2 aromatic carbocycles. The summed E-state index contributed by atoms with van der Waals surface area (Å²) in [6.45, 7) is 6.05. The van der Waals surface area contributed by atoms with Crippen LogP contribution in [0.15, 0.2) is 65.4 Å². The van der Waals surface area contributed by atoms with Crippen molar-refractivity contribution < 1.29 is 9.90 Å². The van der Waals surface area contributed by atoms with E-state index in [2.05, 4.69) is 49.7 Å². The SMILES string of the molecule is CC(C)(C)N(CC1(c2ccc(Br)cc2)c2ccccc2-c2nccn21)C(=O)O. The normalized spacial score (nSPS) is 17.9. The second-order valence-corrected chi connectivity index (χ2v) is 8.99. The minimum absolute atomic E-state index is 0.286. The van der Waals surface area contributed by atoms with E-state index < -0.39 is 17.2 Å². The van der Waals surface area contributed by atoms with Gasteiger partial charge in [0.05, 0.1) is 6.54 Å². The molecule has 0 saturated carbocycles. The number of hydrogen-bond donors (Lipinski definition) is 1. The number of benzene rings is 2. The quantitative estimate of drug-likeness (QED) is 0.610. The third kappa shape index (κ3) is 2.75. The molecular formula is C22H22BrN3O2. The monoisotopic (exact) mass is 439 g/mol. The highest BCUT2D eigenvalue weighted by molar-refractivity contribution is 9.10. The Hall–Kier alpha value is -2.60. The Kier molecular flexibility index (Phi) is 4.34. The van der Waals surface area contributed by atoms with E-state index in [1.165, 1.54) is 4.90 Å². The Morgan fingerprint density at radius 2 is 1.86 bits per heavy atom. The Bertz CT molecular complexity index is 1040. The van der Waals surface area contributed by atoms with E-state index in [4.69, 9.17) is 0 Å². The number of carboxylic acid groups (broad SMARTS) is 1. The highest BCUT2D eigenvalue weighted by Crippen LogP contribution is 2.48. The third-order valence-electron chi connectivity index (χ3n) is 5.41. The van der Waals surface area contributed by atoms with Crippen LogP contribution in [-0.4, -0.2) is 37.7 Å². The summed E-state index contributed by atoms with van der Waals surface area (Å²) in [6, 6.07) is 16.2. The van der Waals surface area contributed by atoms with E-state index in [1.807, 2.05) is 51.2 Å². The molecule has 0 aliphatic carbocycles. The number of imidazole rings is 1. The van der Waals surface area contributed by atoms with Gasteiger partial charge in [-0.2, -0.15) is 0 Å². The molecule has 144 valence electrons. The molecular weight excluding hydrogens is 418 g/mol. The van der Waals surface area contributed by atoms with Gasteiger partial charge in [0.25, 0.3) is 0 Å². The van der Waals surface area contributed by atoms with Gasteiger partial charge in [-0.05, 0) is 44.0 Å². The van der Waals surface area contributed by atoms with Crippen molar-refractivity contribution in [1.82, 2.24) is 14.5 Å². The summed E-state index contributed by atoms with van der Waals surface area (Å²) in [5, 5.41) is 10.0. The molecule has 1 N–H and O–H groups in total. The van der Waals surface area contributed by atoms with Gasteiger partial charge < -0.3 is 14.6 Å². The second kappa shape index (κ2) is 6.48. The van der Waals surface area contributed by atoms with Crippen LogP contribution in [0.1, 0.15) is 31.9 Å². The van der Waals surface area contributed by atoms with Crippen molar-refractivity contribution in [2.45, 2.75) is 31.8 Å². The zero-order valence-corrected chi connectivity index (χ0v) is 17.6. The molecule has 0 fully saturated rings. The Labute approximate surface area is 172 Å². The van der Waals surface area contributed by atoms with Gasteiger partial charge in [-0.15, -0.1) is 0 Å². The molecule has 2 heterocycles. The second-order valence-electron chi connectivity index (χ2n) is 8.07.